The third-order valence-electron chi connectivity index (χ3n) is 3.66. The van der Waals surface area contributed by atoms with Crippen molar-refractivity contribution in [2.24, 2.45) is 11.3 Å². The predicted molar refractivity (Wildman–Crippen MR) is 71.1 cm³/mol. The van der Waals surface area contributed by atoms with Crippen molar-refractivity contribution in [2.75, 3.05) is 32.9 Å². The van der Waals surface area contributed by atoms with Crippen LogP contribution in [0.1, 0.15) is 46.0 Å². The first-order chi connectivity index (χ1) is 8.18. The molecular weight excluding hydrogens is 214 g/mol. The van der Waals surface area contributed by atoms with Gasteiger partial charge in [-0.1, -0.05) is 26.7 Å². The van der Waals surface area contributed by atoms with Gasteiger partial charge in [-0.2, -0.15) is 0 Å². The fourth-order valence-corrected chi connectivity index (χ4v) is 3.11. The first-order valence-corrected chi connectivity index (χ1v) is 7.08. The van der Waals surface area contributed by atoms with E-state index in [9.17, 15) is 0 Å². The summed E-state index contributed by atoms with van der Waals surface area (Å²) in [6, 6.07) is 0. The van der Waals surface area contributed by atoms with Crippen LogP contribution in [0.4, 0.5) is 0 Å². The zero-order chi connectivity index (χ0) is 12.6. The number of ether oxygens (including phenoxy) is 1. The molecule has 0 aromatic carbocycles. The third-order valence-corrected chi connectivity index (χ3v) is 3.66. The molecule has 1 aliphatic carbocycles. The fourth-order valence-electron chi connectivity index (χ4n) is 3.11. The number of aliphatic hydroxyl groups excluding tert-OH is 1. The molecule has 0 unspecified atom stereocenters. The van der Waals surface area contributed by atoms with E-state index in [-0.39, 0.29) is 6.61 Å². The highest BCUT2D eigenvalue weighted by molar-refractivity contribution is 4.87. The highest BCUT2D eigenvalue weighted by atomic mass is 16.5. The van der Waals surface area contributed by atoms with Gasteiger partial charge in [0, 0.05) is 13.1 Å². The summed E-state index contributed by atoms with van der Waals surface area (Å²) in [6.45, 7) is 7.97. The Bertz CT molecular complexity index is 189. The Kier molecular flexibility index (Phi) is 7.09. The summed E-state index contributed by atoms with van der Waals surface area (Å²) in [4.78, 5) is 0. The van der Waals surface area contributed by atoms with Crippen molar-refractivity contribution in [2.45, 2.75) is 46.0 Å². The summed E-state index contributed by atoms with van der Waals surface area (Å²) in [5, 5.41) is 12.1. The third kappa shape index (κ3) is 5.84. The van der Waals surface area contributed by atoms with Crippen molar-refractivity contribution < 1.29 is 9.84 Å². The second-order valence-corrected chi connectivity index (χ2v) is 5.82. The van der Waals surface area contributed by atoms with E-state index in [2.05, 4.69) is 19.2 Å². The molecule has 3 heteroatoms. The topological polar surface area (TPSA) is 41.5 Å². The quantitative estimate of drug-likeness (QED) is 0.610. The number of aliphatic hydroxyl groups is 1. The largest absolute Gasteiger partial charge is 0.394 e. The van der Waals surface area contributed by atoms with Crippen LogP contribution in [0.5, 0.6) is 0 Å². The molecular formula is C14H29NO2. The maximum atomic E-state index is 8.59. The minimum Gasteiger partial charge on any atom is -0.394 e. The van der Waals surface area contributed by atoms with Crippen molar-refractivity contribution >= 4 is 0 Å². The second kappa shape index (κ2) is 8.06. The van der Waals surface area contributed by atoms with Gasteiger partial charge in [-0.15, -0.1) is 0 Å². The molecule has 1 aliphatic rings. The molecule has 0 saturated heterocycles. The predicted octanol–water partition coefficient (Wildman–Crippen LogP) is 2.19. The van der Waals surface area contributed by atoms with Crippen molar-refractivity contribution in [1.82, 2.24) is 5.32 Å². The molecule has 0 aromatic rings. The lowest BCUT2D eigenvalue weighted by molar-refractivity contribution is 0.0914. The Morgan fingerprint density at radius 3 is 2.53 bits per heavy atom. The van der Waals surface area contributed by atoms with Crippen LogP contribution < -0.4 is 5.32 Å². The summed E-state index contributed by atoms with van der Waals surface area (Å²) in [5.41, 5.74) is 0.547. The molecule has 0 aliphatic heterocycles. The normalized spacial score (nSPS) is 19.1. The molecule has 0 bridgehead atoms. The summed E-state index contributed by atoms with van der Waals surface area (Å²) in [6.07, 6.45) is 6.91. The summed E-state index contributed by atoms with van der Waals surface area (Å²) < 4.78 is 5.25. The Hall–Kier alpha value is -0.120. The van der Waals surface area contributed by atoms with Crippen molar-refractivity contribution in [1.29, 1.82) is 0 Å². The van der Waals surface area contributed by atoms with E-state index in [1.807, 2.05) is 0 Å². The average molecular weight is 243 g/mol. The molecule has 0 aromatic heterocycles. The molecule has 3 nitrogen and oxygen atoms in total. The van der Waals surface area contributed by atoms with Gasteiger partial charge in [-0.3, -0.25) is 0 Å². The van der Waals surface area contributed by atoms with E-state index in [1.165, 1.54) is 32.1 Å². The molecule has 2 N–H and O–H groups in total. The van der Waals surface area contributed by atoms with Gasteiger partial charge in [0.15, 0.2) is 0 Å². The van der Waals surface area contributed by atoms with E-state index >= 15 is 0 Å². The van der Waals surface area contributed by atoms with Gasteiger partial charge < -0.3 is 15.2 Å². The molecule has 1 fully saturated rings. The average Bonchev–Trinajstić information content (AvgIpc) is 2.71. The molecule has 0 spiro atoms. The van der Waals surface area contributed by atoms with Crippen molar-refractivity contribution in [3.8, 4) is 0 Å². The highest BCUT2D eigenvalue weighted by Crippen LogP contribution is 2.42. The lowest BCUT2D eigenvalue weighted by Crippen LogP contribution is -2.35. The van der Waals surface area contributed by atoms with E-state index in [0.717, 1.165) is 19.0 Å². The van der Waals surface area contributed by atoms with E-state index in [1.54, 1.807) is 0 Å². The van der Waals surface area contributed by atoms with Crippen molar-refractivity contribution in [3.63, 3.8) is 0 Å². The second-order valence-electron chi connectivity index (χ2n) is 5.82. The van der Waals surface area contributed by atoms with Gasteiger partial charge in [-0.05, 0) is 30.6 Å². The Balaban J connectivity index is 2.16. The first-order valence-electron chi connectivity index (χ1n) is 7.08. The molecule has 1 rings (SSSR count). The molecule has 0 amide bonds. The van der Waals surface area contributed by atoms with Crippen LogP contribution in [-0.2, 0) is 4.74 Å². The van der Waals surface area contributed by atoms with Crippen LogP contribution in [0.2, 0.25) is 0 Å². The molecule has 0 atom stereocenters. The van der Waals surface area contributed by atoms with Crippen LogP contribution in [0.3, 0.4) is 0 Å². The summed E-state index contributed by atoms with van der Waals surface area (Å²) in [7, 11) is 0. The molecule has 102 valence electrons. The van der Waals surface area contributed by atoms with E-state index < -0.39 is 0 Å². The van der Waals surface area contributed by atoms with Crippen LogP contribution in [-0.4, -0.2) is 38.0 Å². The Labute approximate surface area is 106 Å². The maximum Gasteiger partial charge on any atom is 0.0698 e. The Morgan fingerprint density at radius 1 is 1.24 bits per heavy atom. The highest BCUT2D eigenvalue weighted by Gasteiger charge is 2.33. The number of rotatable bonds is 9. The molecule has 1 saturated carbocycles. The summed E-state index contributed by atoms with van der Waals surface area (Å²) >= 11 is 0. The number of nitrogens with one attached hydrogen (secondary N) is 1. The van der Waals surface area contributed by atoms with Gasteiger partial charge in [0.25, 0.3) is 0 Å². The fraction of sp³-hybridized carbons (Fsp3) is 1.00. The zero-order valence-corrected chi connectivity index (χ0v) is 11.5. The van der Waals surface area contributed by atoms with Gasteiger partial charge in [-0.25, -0.2) is 0 Å². The lowest BCUT2D eigenvalue weighted by atomic mass is 9.78. The maximum absolute atomic E-state index is 8.59. The lowest BCUT2D eigenvalue weighted by Gasteiger charge is -2.31. The van der Waals surface area contributed by atoms with Crippen LogP contribution in [0.25, 0.3) is 0 Å². The molecule has 0 radical (unpaired) electrons. The van der Waals surface area contributed by atoms with Gasteiger partial charge in [0.1, 0.15) is 0 Å². The number of hydrogen-bond acceptors (Lipinski definition) is 3. The van der Waals surface area contributed by atoms with Gasteiger partial charge in [0.2, 0.25) is 0 Å². The van der Waals surface area contributed by atoms with Crippen LogP contribution in [0, 0.1) is 11.3 Å². The SMILES string of the molecule is CC(C)CC1(CNCCOCCO)CCCC1. The first kappa shape index (κ1) is 14.9. The molecule has 17 heavy (non-hydrogen) atoms. The van der Waals surface area contributed by atoms with Crippen LogP contribution >= 0.6 is 0 Å². The van der Waals surface area contributed by atoms with Crippen molar-refractivity contribution in [3.05, 3.63) is 0 Å². The van der Waals surface area contributed by atoms with Gasteiger partial charge >= 0.3 is 0 Å². The minimum atomic E-state index is 0.122. The Morgan fingerprint density at radius 2 is 1.94 bits per heavy atom. The minimum absolute atomic E-state index is 0.122. The smallest absolute Gasteiger partial charge is 0.0698 e. The number of hydrogen-bond donors (Lipinski definition) is 2. The standard InChI is InChI=1S/C14H29NO2/c1-13(2)11-14(5-3-4-6-14)12-15-7-9-17-10-8-16/h13,15-16H,3-12H2,1-2H3. The van der Waals surface area contributed by atoms with E-state index in [0.29, 0.717) is 18.6 Å². The van der Waals surface area contributed by atoms with Gasteiger partial charge in [0.05, 0.1) is 19.8 Å². The zero-order valence-electron chi connectivity index (χ0n) is 11.5. The van der Waals surface area contributed by atoms with Crippen LogP contribution in [0.15, 0.2) is 0 Å². The van der Waals surface area contributed by atoms with E-state index in [4.69, 9.17) is 9.84 Å². The monoisotopic (exact) mass is 243 g/mol. The summed E-state index contributed by atoms with van der Waals surface area (Å²) in [5.74, 6) is 0.792. The molecule has 0 heterocycles.